The maximum atomic E-state index is 13.2. The fourth-order valence-corrected chi connectivity index (χ4v) is 1.73. The third kappa shape index (κ3) is 2.64. The summed E-state index contributed by atoms with van der Waals surface area (Å²) in [5, 5.41) is 0. The van der Waals surface area contributed by atoms with Gasteiger partial charge in [-0.2, -0.15) is 0 Å². The SMILES string of the molecule is COC(=O)C(C)(C)[C@@H](N)c1cc(F)ccc1C. The highest BCUT2D eigenvalue weighted by Crippen LogP contribution is 2.34. The van der Waals surface area contributed by atoms with Crippen LogP contribution in [0, 0.1) is 18.2 Å². The van der Waals surface area contributed by atoms with Crippen molar-refractivity contribution < 1.29 is 13.9 Å². The van der Waals surface area contributed by atoms with Crippen molar-refractivity contribution in [1.29, 1.82) is 0 Å². The van der Waals surface area contributed by atoms with Gasteiger partial charge in [-0.25, -0.2) is 4.39 Å². The number of rotatable bonds is 3. The van der Waals surface area contributed by atoms with Gasteiger partial charge < -0.3 is 10.5 Å². The largest absolute Gasteiger partial charge is 0.469 e. The van der Waals surface area contributed by atoms with Crippen LogP contribution >= 0.6 is 0 Å². The number of ether oxygens (including phenoxy) is 1. The number of esters is 1. The van der Waals surface area contributed by atoms with E-state index in [1.54, 1.807) is 19.9 Å². The first-order chi connectivity index (χ1) is 7.80. The van der Waals surface area contributed by atoms with E-state index < -0.39 is 17.4 Å². The Balaban J connectivity index is 3.15. The standard InChI is InChI=1S/C13H18FNO2/c1-8-5-6-9(14)7-10(8)11(15)13(2,3)12(16)17-4/h5-7,11H,15H2,1-4H3/t11-/m0/s1. The van der Waals surface area contributed by atoms with E-state index in [0.717, 1.165) is 5.56 Å². The van der Waals surface area contributed by atoms with Gasteiger partial charge in [-0.15, -0.1) is 0 Å². The molecule has 0 aromatic heterocycles. The van der Waals surface area contributed by atoms with Crippen LogP contribution in [0.4, 0.5) is 4.39 Å². The van der Waals surface area contributed by atoms with Gasteiger partial charge >= 0.3 is 5.97 Å². The second-order valence-corrected chi connectivity index (χ2v) is 4.69. The highest BCUT2D eigenvalue weighted by atomic mass is 19.1. The van der Waals surface area contributed by atoms with Crippen LogP contribution in [0.2, 0.25) is 0 Å². The van der Waals surface area contributed by atoms with Crippen molar-refractivity contribution in [2.75, 3.05) is 7.11 Å². The highest BCUT2D eigenvalue weighted by Gasteiger charge is 2.37. The third-order valence-corrected chi connectivity index (χ3v) is 3.07. The van der Waals surface area contributed by atoms with Crippen LogP contribution in [0.3, 0.4) is 0 Å². The van der Waals surface area contributed by atoms with Crippen LogP contribution < -0.4 is 5.73 Å². The lowest BCUT2D eigenvalue weighted by atomic mass is 9.79. The molecule has 0 spiro atoms. The van der Waals surface area contributed by atoms with Gasteiger partial charge in [0.05, 0.1) is 12.5 Å². The van der Waals surface area contributed by atoms with Crippen molar-refractivity contribution >= 4 is 5.97 Å². The number of methoxy groups -OCH3 is 1. The summed E-state index contributed by atoms with van der Waals surface area (Å²) in [6.07, 6.45) is 0. The Labute approximate surface area is 101 Å². The van der Waals surface area contributed by atoms with Crippen LogP contribution in [0.25, 0.3) is 0 Å². The zero-order valence-electron chi connectivity index (χ0n) is 10.6. The lowest BCUT2D eigenvalue weighted by molar-refractivity contribution is -0.152. The van der Waals surface area contributed by atoms with Crippen LogP contribution in [0.15, 0.2) is 18.2 Å². The molecule has 2 N–H and O–H groups in total. The van der Waals surface area contributed by atoms with Gasteiger partial charge in [-0.3, -0.25) is 4.79 Å². The topological polar surface area (TPSA) is 52.3 Å². The van der Waals surface area contributed by atoms with Gasteiger partial charge in [0.1, 0.15) is 5.82 Å². The molecule has 0 radical (unpaired) electrons. The average molecular weight is 239 g/mol. The summed E-state index contributed by atoms with van der Waals surface area (Å²) in [5.74, 6) is -0.768. The number of hydrogen-bond donors (Lipinski definition) is 1. The molecule has 1 rings (SSSR count). The number of benzene rings is 1. The van der Waals surface area contributed by atoms with Gasteiger partial charge in [-0.05, 0) is 44.0 Å². The Morgan fingerprint density at radius 2 is 2.06 bits per heavy atom. The molecule has 17 heavy (non-hydrogen) atoms. The fraction of sp³-hybridized carbons (Fsp3) is 0.462. The van der Waals surface area contributed by atoms with Crippen molar-refractivity contribution in [2.24, 2.45) is 11.1 Å². The third-order valence-electron chi connectivity index (χ3n) is 3.07. The van der Waals surface area contributed by atoms with Crippen molar-refractivity contribution in [2.45, 2.75) is 26.8 Å². The van der Waals surface area contributed by atoms with E-state index in [1.165, 1.54) is 19.2 Å². The maximum absolute atomic E-state index is 13.2. The van der Waals surface area contributed by atoms with E-state index in [1.807, 2.05) is 6.92 Å². The summed E-state index contributed by atoms with van der Waals surface area (Å²) in [4.78, 5) is 11.6. The summed E-state index contributed by atoms with van der Waals surface area (Å²) >= 11 is 0. The molecule has 4 heteroatoms. The summed E-state index contributed by atoms with van der Waals surface area (Å²) in [7, 11) is 1.31. The molecule has 0 saturated heterocycles. The molecule has 0 aliphatic carbocycles. The molecular formula is C13H18FNO2. The second-order valence-electron chi connectivity index (χ2n) is 4.69. The summed E-state index contributed by atoms with van der Waals surface area (Å²) < 4.78 is 17.9. The highest BCUT2D eigenvalue weighted by molar-refractivity contribution is 5.77. The number of hydrogen-bond acceptors (Lipinski definition) is 3. The van der Waals surface area contributed by atoms with Gasteiger partial charge in [-0.1, -0.05) is 6.07 Å². The number of carbonyl (C=O) groups excluding carboxylic acids is 1. The number of halogens is 1. The Hall–Kier alpha value is -1.42. The Bertz CT molecular complexity index is 429. The van der Waals surface area contributed by atoms with Crippen LogP contribution in [-0.2, 0) is 9.53 Å². The zero-order valence-corrected chi connectivity index (χ0v) is 10.6. The molecule has 0 bridgehead atoms. The Kier molecular flexibility index (Phi) is 3.88. The van der Waals surface area contributed by atoms with Gasteiger partial charge in [0, 0.05) is 6.04 Å². The number of carbonyl (C=O) groups is 1. The molecule has 0 saturated carbocycles. The van der Waals surface area contributed by atoms with Crippen LogP contribution in [0.5, 0.6) is 0 Å². The zero-order chi connectivity index (χ0) is 13.2. The molecule has 0 amide bonds. The lowest BCUT2D eigenvalue weighted by Gasteiger charge is -2.29. The Morgan fingerprint density at radius 1 is 1.47 bits per heavy atom. The minimum atomic E-state index is -0.896. The van der Waals surface area contributed by atoms with E-state index in [0.29, 0.717) is 5.56 Å². The van der Waals surface area contributed by atoms with Crippen LogP contribution in [-0.4, -0.2) is 13.1 Å². The average Bonchev–Trinajstić information content (AvgIpc) is 2.30. The summed E-state index contributed by atoms with van der Waals surface area (Å²) in [6.45, 7) is 5.21. The van der Waals surface area contributed by atoms with E-state index in [2.05, 4.69) is 0 Å². The molecule has 1 aromatic carbocycles. The molecule has 94 valence electrons. The van der Waals surface area contributed by atoms with Crippen LogP contribution in [0.1, 0.15) is 31.0 Å². The van der Waals surface area contributed by atoms with E-state index in [9.17, 15) is 9.18 Å². The van der Waals surface area contributed by atoms with Gasteiger partial charge in [0.15, 0.2) is 0 Å². The Morgan fingerprint density at radius 3 is 2.59 bits per heavy atom. The van der Waals surface area contributed by atoms with E-state index >= 15 is 0 Å². The molecule has 1 aromatic rings. The lowest BCUT2D eigenvalue weighted by Crippen LogP contribution is -2.37. The summed E-state index contributed by atoms with van der Waals surface area (Å²) in [6, 6.07) is 3.78. The molecule has 0 aliphatic heterocycles. The van der Waals surface area contributed by atoms with Crippen molar-refractivity contribution in [3.63, 3.8) is 0 Å². The summed E-state index contributed by atoms with van der Waals surface area (Å²) in [5.41, 5.74) is 6.64. The van der Waals surface area contributed by atoms with E-state index in [-0.39, 0.29) is 5.82 Å². The molecule has 0 fully saturated rings. The smallest absolute Gasteiger partial charge is 0.313 e. The minimum absolute atomic E-state index is 0.360. The van der Waals surface area contributed by atoms with E-state index in [4.69, 9.17) is 10.5 Å². The first kappa shape index (κ1) is 13.6. The molecule has 3 nitrogen and oxygen atoms in total. The normalized spacial score (nSPS) is 13.3. The maximum Gasteiger partial charge on any atom is 0.313 e. The van der Waals surface area contributed by atoms with Crippen molar-refractivity contribution in [3.8, 4) is 0 Å². The molecular weight excluding hydrogens is 221 g/mol. The first-order valence-corrected chi connectivity index (χ1v) is 5.40. The monoisotopic (exact) mass is 239 g/mol. The number of nitrogens with two attached hydrogens (primary N) is 1. The van der Waals surface area contributed by atoms with Gasteiger partial charge in [0.25, 0.3) is 0 Å². The van der Waals surface area contributed by atoms with Gasteiger partial charge in [0.2, 0.25) is 0 Å². The minimum Gasteiger partial charge on any atom is -0.469 e. The fourth-order valence-electron chi connectivity index (χ4n) is 1.73. The van der Waals surface area contributed by atoms with Crippen molar-refractivity contribution in [3.05, 3.63) is 35.1 Å². The predicted molar refractivity (Wildman–Crippen MR) is 63.9 cm³/mol. The quantitative estimate of drug-likeness (QED) is 0.824. The van der Waals surface area contributed by atoms with Crippen molar-refractivity contribution in [1.82, 2.24) is 0 Å². The number of aryl methyl sites for hydroxylation is 1. The molecule has 0 aliphatic rings. The molecule has 1 atom stereocenters. The molecule has 0 unspecified atom stereocenters. The first-order valence-electron chi connectivity index (χ1n) is 5.40. The predicted octanol–water partition coefficient (Wildman–Crippen LogP) is 2.33. The second kappa shape index (κ2) is 4.84. The molecule has 0 heterocycles.